The molecule has 3 rings (SSSR count). The zero-order chi connectivity index (χ0) is 13.1. The molecule has 0 amide bonds. The Morgan fingerprint density at radius 1 is 1.42 bits per heavy atom. The number of benzene rings is 1. The summed E-state index contributed by atoms with van der Waals surface area (Å²) in [5.74, 6) is 1.04. The number of hydrogen-bond acceptors (Lipinski definition) is 3. The van der Waals surface area contributed by atoms with Crippen molar-refractivity contribution < 1.29 is 4.74 Å². The Morgan fingerprint density at radius 2 is 2.32 bits per heavy atom. The highest BCUT2D eigenvalue weighted by atomic mass is 16.5. The SMILES string of the molecule is Cn1cc(CCNCC2Cc3ccccc3O2)cn1. The highest BCUT2D eigenvalue weighted by molar-refractivity contribution is 5.37. The van der Waals surface area contributed by atoms with Crippen LogP contribution >= 0.6 is 0 Å². The van der Waals surface area contributed by atoms with E-state index in [4.69, 9.17) is 4.74 Å². The van der Waals surface area contributed by atoms with Crippen molar-refractivity contribution in [1.82, 2.24) is 15.1 Å². The summed E-state index contributed by atoms with van der Waals surface area (Å²) in [6.07, 6.45) is 6.27. The molecule has 1 N–H and O–H groups in total. The van der Waals surface area contributed by atoms with E-state index in [-0.39, 0.29) is 6.10 Å². The lowest BCUT2D eigenvalue weighted by atomic mass is 10.1. The van der Waals surface area contributed by atoms with E-state index >= 15 is 0 Å². The maximum absolute atomic E-state index is 5.88. The van der Waals surface area contributed by atoms with Crippen LogP contribution in [0.15, 0.2) is 36.7 Å². The van der Waals surface area contributed by atoms with Crippen LogP contribution in [0.4, 0.5) is 0 Å². The van der Waals surface area contributed by atoms with Crippen LogP contribution in [0.25, 0.3) is 0 Å². The van der Waals surface area contributed by atoms with Gasteiger partial charge in [-0.15, -0.1) is 0 Å². The fraction of sp³-hybridized carbons (Fsp3) is 0.400. The first-order valence-corrected chi connectivity index (χ1v) is 6.74. The van der Waals surface area contributed by atoms with Crippen molar-refractivity contribution in [2.45, 2.75) is 18.9 Å². The topological polar surface area (TPSA) is 39.1 Å². The standard InChI is InChI=1S/C15H19N3O/c1-18-11-12(9-17-18)6-7-16-10-14-8-13-4-2-3-5-15(13)19-14/h2-5,9,11,14,16H,6-8,10H2,1H3. The minimum atomic E-state index is 0.270. The van der Waals surface area contributed by atoms with Crippen LogP contribution in [-0.2, 0) is 19.9 Å². The Kier molecular flexibility index (Phi) is 3.51. The Bertz CT molecular complexity index is 525. The summed E-state index contributed by atoms with van der Waals surface area (Å²) in [5, 5.41) is 7.62. The molecule has 0 fully saturated rings. The van der Waals surface area contributed by atoms with Crippen LogP contribution in [0.3, 0.4) is 0 Å². The quantitative estimate of drug-likeness (QED) is 0.826. The number of nitrogens with zero attached hydrogens (tertiary/aromatic N) is 2. The highest BCUT2D eigenvalue weighted by Gasteiger charge is 2.21. The monoisotopic (exact) mass is 257 g/mol. The van der Waals surface area contributed by atoms with Gasteiger partial charge in [-0.2, -0.15) is 5.10 Å². The zero-order valence-electron chi connectivity index (χ0n) is 11.2. The highest BCUT2D eigenvalue weighted by Crippen LogP contribution is 2.27. The molecule has 0 saturated carbocycles. The Morgan fingerprint density at radius 3 is 3.11 bits per heavy atom. The van der Waals surface area contributed by atoms with E-state index in [0.29, 0.717) is 0 Å². The number of para-hydroxylation sites is 1. The van der Waals surface area contributed by atoms with Crippen molar-refractivity contribution in [3.63, 3.8) is 0 Å². The Hall–Kier alpha value is -1.81. The van der Waals surface area contributed by atoms with E-state index in [1.54, 1.807) is 0 Å². The van der Waals surface area contributed by atoms with E-state index in [1.165, 1.54) is 11.1 Å². The molecule has 0 saturated heterocycles. The Labute approximate surface area is 113 Å². The van der Waals surface area contributed by atoms with E-state index in [0.717, 1.165) is 31.7 Å². The molecule has 1 aromatic carbocycles. The van der Waals surface area contributed by atoms with E-state index in [2.05, 4.69) is 28.7 Å². The molecule has 0 radical (unpaired) electrons. The summed E-state index contributed by atoms with van der Waals surface area (Å²) >= 11 is 0. The number of ether oxygens (including phenoxy) is 1. The molecule has 4 heteroatoms. The molecular formula is C15H19N3O. The maximum Gasteiger partial charge on any atom is 0.123 e. The molecule has 2 heterocycles. The van der Waals surface area contributed by atoms with Crippen LogP contribution in [0.1, 0.15) is 11.1 Å². The van der Waals surface area contributed by atoms with Crippen LogP contribution in [0.2, 0.25) is 0 Å². The van der Waals surface area contributed by atoms with Crippen molar-refractivity contribution >= 4 is 0 Å². The first-order chi connectivity index (χ1) is 9.31. The van der Waals surface area contributed by atoms with Crippen molar-refractivity contribution in [1.29, 1.82) is 0 Å². The molecule has 1 aliphatic heterocycles. The van der Waals surface area contributed by atoms with Crippen molar-refractivity contribution in [2.75, 3.05) is 13.1 Å². The van der Waals surface area contributed by atoms with E-state index in [1.807, 2.05) is 30.1 Å². The smallest absolute Gasteiger partial charge is 0.123 e. The molecule has 100 valence electrons. The van der Waals surface area contributed by atoms with E-state index < -0.39 is 0 Å². The van der Waals surface area contributed by atoms with Crippen molar-refractivity contribution in [3.05, 3.63) is 47.8 Å². The lowest BCUT2D eigenvalue weighted by Crippen LogP contribution is -2.31. The number of rotatable bonds is 5. The van der Waals surface area contributed by atoms with Gasteiger partial charge in [0.15, 0.2) is 0 Å². The second-order valence-corrected chi connectivity index (χ2v) is 5.03. The fourth-order valence-electron chi connectivity index (χ4n) is 2.46. The molecule has 1 aromatic heterocycles. The fourth-order valence-corrected chi connectivity index (χ4v) is 2.46. The first-order valence-electron chi connectivity index (χ1n) is 6.74. The van der Waals surface area contributed by atoms with Crippen LogP contribution in [0, 0.1) is 0 Å². The Balaban J connectivity index is 1.40. The minimum absolute atomic E-state index is 0.270. The second kappa shape index (κ2) is 5.45. The van der Waals surface area contributed by atoms with E-state index in [9.17, 15) is 0 Å². The average molecular weight is 257 g/mol. The van der Waals surface area contributed by atoms with Gasteiger partial charge in [-0.3, -0.25) is 4.68 Å². The second-order valence-electron chi connectivity index (χ2n) is 5.03. The third-order valence-corrected chi connectivity index (χ3v) is 3.43. The van der Waals surface area contributed by atoms with Gasteiger partial charge in [-0.1, -0.05) is 18.2 Å². The number of nitrogens with one attached hydrogen (secondary N) is 1. The molecule has 1 atom stereocenters. The molecule has 2 aromatic rings. The molecule has 0 bridgehead atoms. The van der Waals surface area contributed by atoms with Gasteiger partial charge in [0.25, 0.3) is 0 Å². The molecule has 0 spiro atoms. The van der Waals surface area contributed by atoms with Gasteiger partial charge < -0.3 is 10.1 Å². The summed E-state index contributed by atoms with van der Waals surface area (Å²) in [6.45, 7) is 1.86. The minimum Gasteiger partial charge on any atom is -0.488 e. The molecule has 1 unspecified atom stereocenters. The molecule has 4 nitrogen and oxygen atoms in total. The third-order valence-electron chi connectivity index (χ3n) is 3.43. The predicted molar refractivity (Wildman–Crippen MR) is 74.3 cm³/mol. The zero-order valence-corrected chi connectivity index (χ0v) is 11.2. The van der Waals surface area contributed by atoms with Crippen molar-refractivity contribution in [3.8, 4) is 5.75 Å². The summed E-state index contributed by atoms with van der Waals surface area (Å²) in [7, 11) is 1.94. The number of fused-ring (bicyclic) bond motifs is 1. The number of hydrogen-bond donors (Lipinski definition) is 1. The molecule has 1 aliphatic rings. The summed E-state index contributed by atoms with van der Waals surface area (Å²) < 4.78 is 7.72. The summed E-state index contributed by atoms with van der Waals surface area (Å²) in [6, 6.07) is 8.29. The number of aromatic nitrogens is 2. The predicted octanol–water partition coefficient (Wildman–Crippen LogP) is 1.56. The lowest BCUT2D eigenvalue weighted by Gasteiger charge is -2.11. The van der Waals surface area contributed by atoms with Gasteiger partial charge in [0.2, 0.25) is 0 Å². The van der Waals surface area contributed by atoms with Crippen LogP contribution in [0.5, 0.6) is 5.75 Å². The van der Waals surface area contributed by atoms with Crippen LogP contribution < -0.4 is 10.1 Å². The van der Waals surface area contributed by atoms with Gasteiger partial charge in [-0.05, 0) is 30.2 Å². The average Bonchev–Trinajstić information content (AvgIpc) is 3.00. The largest absolute Gasteiger partial charge is 0.488 e. The molecule has 0 aliphatic carbocycles. The van der Waals surface area contributed by atoms with Gasteiger partial charge in [0, 0.05) is 26.2 Å². The summed E-state index contributed by atoms with van der Waals surface area (Å²) in [4.78, 5) is 0. The van der Waals surface area contributed by atoms with Gasteiger partial charge in [0.1, 0.15) is 11.9 Å². The van der Waals surface area contributed by atoms with Gasteiger partial charge in [-0.25, -0.2) is 0 Å². The van der Waals surface area contributed by atoms with Crippen molar-refractivity contribution in [2.24, 2.45) is 7.05 Å². The van der Waals surface area contributed by atoms with Gasteiger partial charge in [0.05, 0.1) is 6.20 Å². The lowest BCUT2D eigenvalue weighted by molar-refractivity contribution is 0.228. The molecular weight excluding hydrogens is 238 g/mol. The first kappa shape index (κ1) is 12.2. The molecule has 19 heavy (non-hydrogen) atoms. The third kappa shape index (κ3) is 2.96. The van der Waals surface area contributed by atoms with Crippen LogP contribution in [-0.4, -0.2) is 29.0 Å². The number of aryl methyl sites for hydroxylation is 1. The summed E-state index contributed by atoms with van der Waals surface area (Å²) in [5.41, 5.74) is 2.59. The normalized spacial score (nSPS) is 17.2. The maximum atomic E-state index is 5.88. The van der Waals surface area contributed by atoms with Gasteiger partial charge >= 0.3 is 0 Å².